The number of fused-ring (bicyclic) bond motifs is 3. The van der Waals surface area contributed by atoms with Crippen molar-refractivity contribution >= 4 is 77.8 Å². The van der Waals surface area contributed by atoms with E-state index in [0.717, 1.165) is 81.7 Å². The second kappa shape index (κ2) is 24.2. The Kier molecular flexibility index (Phi) is 15.7. The SMILES string of the molecule is CCc1ccccc1-c1cccc(-c2cccc(N(c3cccc(C(C)(C)C)c3)c3cc(C4CCCCC4)c4ccc5c(N(c6cccc(C(C)(C)C)c6)C6c7oc8c(-c9ccccc9CC)cccc8c7C=CC6C)cc(C6CCCCC6)c6ccc3c4c65)c2O)c1. The largest absolute Gasteiger partial charge is 0.505 e. The van der Waals surface area contributed by atoms with Gasteiger partial charge in [0.15, 0.2) is 0 Å². The van der Waals surface area contributed by atoms with Crippen LogP contribution in [-0.2, 0) is 23.7 Å². The molecule has 0 radical (unpaired) electrons. The molecule has 1 aromatic heterocycles. The van der Waals surface area contributed by atoms with E-state index in [1.165, 1.54) is 145 Å². The number of aromatic hydroxyl groups is 1. The smallest absolute Gasteiger partial charge is 0.147 e. The van der Waals surface area contributed by atoms with Crippen molar-refractivity contribution in [3.63, 3.8) is 0 Å². The molecule has 0 saturated heterocycles. The quantitative estimate of drug-likeness (QED) is 0.117. The Morgan fingerprint density at radius 3 is 1.59 bits per heavy atom. The number of nitrogens with zero attached hydrogens (tertiary/aromatic N) is 2. The predicted octanol–water partition coefficient (Wildman–Crippen LogP) is 25.9. The van der Waals surface area contributed by atoms with E-state index in [0.29, 0.717) is 11.8 Å². The van der Waals surface area contributed by atoms with Crippen molar-refractivity contribution in [2.45, 2.75) is 168 Å². The Balaban J connectivity index is 1.03. The number of benzene rings is 11. The fourth-order valence-corrected chi connectivity index (χ4v) is 16.7. The highest BCUT2D eigenvalue weighted by atomic mass is 16.3. The summed E-state index contributed by atoms with van der Waals surface area (Å²) in [6.45, 7) is 20.9. The fraction of sp³-hybridized carbons (Fsp3) is 0.303. The lowest BCUT2D eigenvalue weighted by Gasteiger charge is -2.39. The van der Waals surface area contributed by atoms with Gasteiger partial charge in [0.1, 0.15) is 17.1 Å². The average molecular weight is 1220 g/mol. The predicted molar refractivity (Wildman–Crippen MR) is 396 cm³/mol. The summed E-state index contributed by atoms with van der Waals surface area (Å²) in [6, 6.07) is 73.2. The molecule has 2 atom stereocenters. The molecule has 12 aromatic rings. The van der Waals surface area contributed by atoms with E-state index in [-0.39, 0.29) is 28.5 Å². The Bertz CT molecular complexity index is 4820. The zero-order chi connectivity index (χ0) is 63.9. The van der Waals surface area contributed by atoms with Gasteiger partial charge in [0.2, 0.25) is 0 Å². The number of para-hydroxylation sites is 2. The standard InChI is InChI=1S/C89H90N2O2/c1-10-57-27-18-20-39-67(57)61-33-22-34-62(51-61)69-41-26-44-79(85(69)92)90(65-37-23-35-63(52-65)88(4,5)6)80-54-77(59-29-14-12-15-30-59)70-48-50-76-81(55-78(60-31-16-13-17-32-60)71-47-49-75(80)82(70)83(71)76)91(66-38-24-36-64(53-66)89(7,8)9)84-56(3)45-46-74-73-43-25-42-72(86(73)93-87(74)84)68-40-21-19-28-58(68)11-2/h18-28,33-56,59-60,84,92H,10-17,29-32H2,1-9H3. The molecule has 15 rings (SSSR count). The van der Waals surface area contributed by atoms with Crippen molar-refractivity contribution in [2.75, 3.05) is 9.80 Å². The van der Waals surface area contributed by atoms with Crippen molar-refractivity contribution < 1.29 is 9.52 Å². The van der Waals surface area contributed by atoms with Gasteiger partial charge < -0.3 is 19.3 Å². The number of phenols is 1. The molecule has 1 N–H and O–H groups in total. The van der Waals surface area contributed by atoms with Gasteiger partial charge in [0.05, 0.1) is 23.1 Å². The number of phenolic OH excluding ortho intramolecular Hbond substituents is 1. The van der Waals surface area contributed by atoms with E-state index >= 15 is 0 Å². The van der Waals surface area contributed by atoms with Crippen LogP contribution >= 0.6 is 0 Å². The molecular formula is C89H90N2O2. The summed E-state index contributed by atoms with van der Waals surface area (Å²) in [5, 5.41) is 22.4. The maximum absolute atomic E-state index is 13.4. The van der Waals surface area contributed by atoms with Crippen LogP contribution in [0.4, 0.5) is 28.4 Å². The Morgan fingerprint density at radius 1 is 0.452 bits per heavy atom. The van der Waals surface area contributed by atoms with E-state index < -0.39 is 0 Å². The monoisotopic (exact) mass is 1220 g/mol. The van der Waals surface area contributed by atoms with Gasteiger partial charge in [-0.3, -0.25) is 0 Å². The van der Waals surface area contributed by atoms with E-state index in [4.69, 9.17) is 4.42 Å². The number of furan rings is 1. The first-order valence-corrected chi connectivity index (χ1v) is 35.1. The molecule has 3 aliphatic rings. The molecule has 2 saturated carbocycles. The molecule has 4 nitrogen and oxygen atoms in total. The third kappa shape index (κ3) is 10.7. The lowest BCUT2D eigenvalue weighted by molar-refractivity contribution is 0.432. The van der Waals surface area contributed by atoms with Crippen molar-refractivity contribution in [3.8, 4) is 39.1 Å². The van der Waals surface area contributed by atoms with Crippen LogP contribution in [0.25, 0.3) is 82.7 Å². The zero-order valence-corrected chi connectivity index (χ0v) is 56.2. The third-order valence-corrected chi connectivity index (χ3v) is 21.7. The van der Waals surface area contributed by atoms with Gasteiger partial charge in [-0.1, -0.05) is 259 Å². The van der Waals surface area contributed by atoms with Crippen molar-refractivity contribution in [1.82, 2.24) is 0 Å². The topological polar surface area (TPSA) is 39.9 Å². The summed E-state index contributed by atoms with van der Waals surface area (Å²) in [5.41, 5.74) is 21.8. The van der Waals surface area contributed by atoms with Gasteiger partial charge in [-0.05, 0) is 187 Å². The van der Waals surface area contributed by atoms with Crippen molar-refractivity contribution in [2.24, 2.45) is 5.92 Å². The molecule has 93 heavy (non-hydrogen) atoms. The minimum absolute atomic E-state index is 0.0828. The molecule has 0 aliphatic heterocycles. The first-order chi connectivity index (χ1) is 45.2. The Hall–Kier alpha value is -8.86. The van der Waals surface area contributed by atoms with Crippen LogP contribution in [0, 0.1) is 5.92 Å². The first-order valence-electron chi connectivity index (χ1n) is 35.1. The van der Waals surface area contributed by atoms with Gasteiger partial charge in [0.25, 0.3) is 0 Å². The van der Waals surface area contributed by atoms with Gasteiger partial charge in [0, 0.05) is 50.1 Å². The first kappa shape index (κ1) is 60.4. The molecular weight excluding hydrogens is 1130 g/mol. The maximum Gasteiger partial charge on any atom is 0.147 e. The molecule has 0 bridgehead atoms. The Labute approximate surface area is 552 Å². The molecule has 2 unspecified atom stereocenters. The minimum atomic E-state index is -0.184. The van der Waals surface area contributed by atoms with Crippen LogP contribution in [0.5, 0.6) is 5.75 Å². The number of hydrogen-bond donors (Lipinski definition) is 1. The highest BCUT2D eigenvalue weighted by Gasteiger charge is 2.38. The van der Waals surface area contributed by atoms with E-state index in [2.05, 4.69) is 278 Å². The normalized spacial score (nSPS) is 16.7. The number of rotatable bonds is 13. The van der Waals surface area contributed by atoms with Gasteiger partial charge >= 0.3 is 0 Å². The van der Waals surface area contributed by atoms with Gasteiger partial charge in [-0.15, -0.1) is 0 Å². The summed E-state index contributed by atoms with van der Waals surface area (Å²) in [4.78, 5) is 5.16. The number of aryl methyl sites for hydroxylation is 2. The van der Waals surface area contributed by atoms with E-state index in [9.17, 15) is 5.11 Å². The van der Waals surface area contributed by atoms with Gasteiger partial charge in [-0.25, -0.2) is 0 Å². The van der Waals surface area contributed by atoms with Crippen LogP contribution in [0.1, 0.15) is 189 Å². The van der Waals surface area contributed by atoms with Crippen LogP contribution in [-0.4, -0.2) is 5.11 Å². The third-order valence-electron chi connectivity index (χ3n) is 21.7. The lowest BCUT2D eigenvalue weighted by atomic mass is 9.77. The van der Waals surface area contributed by atoms with Gasteiger partial charge in [-0.2, -0.15) is 0 Å². The van der Waals surface area contributed by atoms with Crippen LogP contribution in [0.2, 0.25) is 0 Å². The summed E-state index contributed by atoms with van der Waals surface area (Å²) in [5.74, 6) is 2.14. The molecule has 1 heterocycles. The summed E-state index contributed by atoms with van der Waals surface area (Å²) < 4.78 is 7.65. The highest BCUT2D eigenvalue weighted by molar-refractivity contribution is 6.29. The molecule has 11 aromatic carbocycles. The van der Waals surface area contributed by atoms with Crippen LogP contribution in [0.15, 0.2) is 205 Å². The average Bonchev–Trinajstić information content (AvgIpc) is 0.986. The molecule has 3 aliphatic carbocycles. The molecule has 4 heteroatoms. The maximum atomic E-state index is 13.4. The minimum Gasteiger partial charge on any atom is -0.505 e. The molecule has 0 amide bonds. The van der Waals surface area contributed by atoms with Crippen LogP contribution < -0.4 is 9.80 Å². The Morgan fingerprint density at radius 2 is 0.957 bits per heavy atom. The summed E-state index contributed by atoms with van der Waals surface area (Å²) in [7, 11) is 0. The highest BCUT2D eigenvalue weighted by Crippen LogP contribution is 2.57. The van der Waals surface area contributed by atoms with Crippen LogP contribution in [0.3, 0.4) is 0 Å². The van der Waals surface area contributed by atoms with E-state index in [1.54, 1.807) is 0 Å². The van der Waals surface area contributed by atoms with Crippen molar-refractivity contribution in [3.05, 3.63) is 245 Å². The lowest BCUT2D eigenvalue weighted by Crippen LogP contribution is -2.30. The number of anilines is 5. The molecule has 0 spiro atoms. The fourth-order valence-electron chi connectivity index (χ4n) is 16.7. The second-order valence-corrected chi connectivity index (χ2v) is 29.5. The zero-order valence-electron chi connectivity index (χ0n) is 56.2. The summed E-state index contributed by atoms with van der Waals surface area (Å²) >= 11 is 0. The number of hydrogen-bond acceptors (Lipinski definition) is 4. The summed E-state index contributed by atoms with van der Waals surface area (Å²) in [6.07, 6.45) is 18.7. The van der Waals surface area contributed by atoms with Crippen molar-refractivity contribution in [1.29, 1.82) is 0 Å². The second-order valence-electron chi connectivity index (χ2n) is 29.5. The molecule has 468 valence electrons. The van der Waals surface area contributed by atoms with E-state index in [1.807, 2.05) is 0 Å². The molecule has 2 fully saturated rings.